The Hall–Kier alpha value is -4.85. The number of hydrogen-bond acceptors (Lipinski definition) is 11. The molecule has 1 fully saturated rings. The summed E-state index contributed by atoms with van der Waals surface area (Å²) < 4.78 is 33.7. The molecule has 2 aliphatic rings. The third kappa shape index (κ3) is 9.84. The van der Waals surface area contributed by atoms with E-state index in [9.17, 15) is 14.7 Å². The van der Waals surface area contributed by atoms with Crippen molar-refractivity contribution >= 4 is 18.1 Å². The van der Waals surface area contributed by atoms with Crippen LogP contribution in [0.3, 0.4) is 0 Å². The number of fused-ring (bicyclic) bond motifs is 1. The lowest BCUT2D eigenvalue weighted by molar-refractivity contribution is 0.0552. The van der Waals surface area contributed by atoms with Crippen LogP contribution < -0.4 is 19.5 Å². The molecule has 1 saturated heterocycles. The second kappa shape index (κ2) is 14.7. The zero-order valence-electron chi connectivity index (χ0n) is 29.1. The van der Waals surface area contributed by atoms with Gasteiger partial charge in [0.2, 0.25) is 17.7 Å². The molecule has 5 rings (SSSR count). The van der Waals surface area contributed by atoms with Crippen molar-refractivity contribution in [3.63, 3.8) is 0 Å². The second-order valence-electron chi connectivity index (χ2n) is 14.0. The molecule has 0 unspecified atom stereocenters. The number of alkyl carbamates (subject to hydrolysis) is 1. The Morgan fingerprint density at radius 3 is 2.47 bits per heavy atom. The van der Waals surface area contributed by atoms with E-state index in [-0.39, 0.29) is 24.8 Å². The van der Waals surface area contributed by atoms with Crippen molar-refractivity contribution in [3.05, 3.63) is 53.4 Å². The number of amides is 2. The highest BCUT2D eigenvalue weighted by atomic mass is 16.6. The first kappa shape index (κ1) is 35.5. The number of likely N-dealkylation sites (tertiary alicyclic amines) is 1. The number of aliphatic hydroxyl groups excluding tert-OH is 1. The Balaban J connectivity index is 1.26. The van der Waals surface area contributed by atoms with Crippen LogP contribution in [0.25, 0.3) is 11.4 Å². The van der Waals surface area contributed by atoms with E-state index in [0.717, 1.165) is 41.2 Å². The molecular weight excluding hydrogens is 634 g/mol. The normalized spacial score (nSPS) is 17.9. The molecule has 0 aliphatic carbocycles. The highest BCUT2D eigenvalue weighted by Gasteiger charge is 2.39. The van der Waals surface area contributed by atoms with E-state index < -0.39 is 35.5 Å². The Labute approximate surface area is 285 Å². The van der Waals surface area contributed by atoms with E-state index in [1.165, 1.54) is 4.90 Å². The van der Waals surface area contributed by atoms with Crippen LogP contribution in [0.15, 0.2) is 45.9 Å². The molecule has 2 atom stereocenters. The lowest BCUT2D eigenvalue weighted by Gasteiger charge is -2.27. The van der Waals surface area contributed by atoms with E-state index in [2.05, 4.69) is 20.4 Å². The smallest absolute Gasteiger partial charge is 0.437 e. The summed E-state index contributed by atoms with van der Waals surface area (Å²) in [5, 5.41) is 17.4. The fraction of sp³-hybridized carbons (Fsp3) is 0.514. The molecule has 14 nitrogen and oxygen atoms in total. The van der Waals surface area contributed by atoms with Crippen molar-refractivity contribution in [2.45, 2.75) is 91.1 Å². The highest BCUT2D eigenvalue weighted by molar-refractivity contribution is 5.99. The van der Waals surface area contributed by atoms with Gasteiger partial charge in [0.25, 0.3) is 0 Å². The van der Waals surface area contributed by atoms with Crippen LogP contribution in [-0.4, -0.2) is 82.0 Å². The van der Waals surface area contributed by atoms with Crippen LogP contribution in [0.1, 0.15) is 77.4 Å². The molecule has 0 saturated carbocycles. The predicted molar refractivity (Wildman–Crippen MR) is 179 cm³/mol. The van der Waals surface area contributed by atoms with E-state index in [4.69, 9.17) is 28.2 Å². The van der Waals surface area contributed by atoms with Gasteiger partial charge < -0.3 is 38.2 Å². The van der Waals surface area contributed by atoms with Gasteiger partial charge in [0, 0.05) is 18.5 Å². The maximum absolute atomic E-state index is 12.7. The molecule has 14 heteroatoms. The quantitative estimate of drug-likeness (QED) is 0.177. The molecule has 3 heterocycles. The number of carbonyl (C=O) groups excluding carboxylic acids is 2. The van der Waals surface area contributed by atoms with Gasteiger partial charge in [-0.15, -0.1) is 4.99 Å². The fourth-order valence-corrected chi connectivity index (χ4v) is 5.35. The summed E-state index contributed by atoms with van der Waals surface area (Å²) in [5.41, 5.74) is 1.13. The molecule has 2 amide bonds. The van der Waals surface area contributed by atoms with Crippen molar-refractivity contribution < 1.29 is 42.9 Å². The van der Waals surface area contributed by atoms with Gasteiger partial charge in [0.05, 0.1) is 12.7 Å². The van der Waals surface area contributed by atoms with Gasteiger partial charge in [0.15, 0.2) is 11.5 Å². The van der Waals surface area contributed by atoms with Gasteiger partial charge in [-0.2, -0.15) is 4.98 Å². The number of aliphatic imine (C=N–C) groups is 1. The molecule has 2 N–H and O–H groups in total. The summed E-state index contributed by atoms with van der Waals surface area (Å²) in [6, 6.07) is 10.9. The Kier molecular flexibility index (Phi) is 10.7. The van der Waals surface area contributed by atoms with Gasteiger partial charge in [-0.25, -0.2) is 9.59 Å². The van der Waals surface area contributed by atoms with Crippen molar-refractivity contribution in [1.82, 2.24) is 20.4 Å². The number of carbonyl (C=O) groups is 2. The standard InChI is InChI=1S/C35H45N5O9/c1-21-17-23(11-13-26(21)44-14-8-9-22-10-12-27-28(18-22)46-16-15-45-27)29-36-30(49-39-29)25-19-24(41)20-40(25)31(37-32(42)47-34(2,3)4)38-33(43)48-35(5,6)7/h10-13,17-18,24-25,41H,8-9,14-16,19-20H2,1-7H3,(H,37,38,42,43)/t24-,25+/m1/s1. The number of aryl methyl sites for hydroxylation is 2. The van der Waals surface area contributed by atoms with Crippen LogP contribution in [-0.2, 0) is 15.9 Å². The van der Waals surface area contributed by atoms with Crippen molar-refractivity contribution in [2.75, 3.05) is 26.4 Å². The minimum Gasteiger partial charge on any atom is -0.493 e. The summed E-state index contributed by atoms with van der Waals surface area (Å²) in [7, 11) is 0. The van der Waals surface area contributed by atoms with Crippen molar-refractivity contribution in [2.24, 2.45) is 4.99 Å². The fourth-order valence-electron chi connectivity index (χ4n) is 5.35. The lowest BCUT2D eigenvalue weighted by Crippen LogP contribution is -2.46. The van der Waals surface area contributed by atoms with Crippen LogP contribution in [0.5, 0.6) is 17.2 Å². The molecule has 1 aromatic heterocycles. The number of nitrogens with one attached hydrogen (secondary N) is 1. The van der Waals surface area contributed by atoms with Crippen LogP contribution in [0.2, 0.25) is 0 Å². The zero-order valence-corrected chi connectivity index (χ0v) is 29.1. The highest BCUT2D eigenvalue weighted by Crippen LogP contribution is 2.34. The topological polar surface area (TPSA) is 167 Å². The summed E-state index contributed by atoms with van der Waals surface area (Å²) in [5.74, 6) is 2.64. The average molecular weight is 680 g/mol. The number of rotatable bonds is 7. The number of β-amino-alcohol motifs (C(OH)–C–C–N with tert-alkyl or cyclic N) is 1. The largest absolute Gasteiger partial charge is 0.493 e. The van der Waals surface area contributed by atoms with Crippen molar-refractivity contribution in [1.29, 1.82) is 0 Å². The monoisotopic (exact) mass is 679 g/mol. The number of aromatic nitrogens is 2. The summed E-state index contributed by atoms with van der Waals surface area (Å²) >= 11 is 0. The molecule has 0 bridgehead atoms. The van der Waals surface area contributed by atoms with Gasteiger partial charge in [-0.3, -0.25) is 5.32 Å². The molecule has 0 radical (unpaired) electrons. The van der Waals surface area contributed by atoms with Crippen LogP contribution >= 0.6 is 0 Å². The first-order valence-corrected chi connectivity index (χ1v) is 16.4. The van der Waals surface area contributed by atoms with Crippen LogP contribution in [0, 0.1) is 6.92 Å². The molecule has 3 aromatic rings. The third-order valence-electron chi connectivity index (χ3n) is 7.39. The SMILES string of the molecule is Cc1cc(-c2noc([C@@H]3C[C@@H](O)CN3/C(=N/C(=O)OC(C)(C)C)NC(=O)OC(C)(C)C)n2)ccc1OCCCc1ccc2c(c1)OCCO2. The van der Waals surface area contributed by atoms with Crippen molar-refractivity contribution in [3.8, 4) is 28.6 Å². The number of ether oxygens (including phenoxy) is 5. The van der Waals surface area contributed by atoms with Gasteiger partial charge >= 0.3 is 12.2 Å². The molecule has 49 heavy (non-hydrogen) atoms. The summed E-state index contributed by atoms with van der Waals surface area (Å²) in [4.78, 5) is 35.6. The summed E-state index contributed by atoms with van der Waals surface area (Å²) in [6.07, 6.45) is -0.751. The average Bonchev–Trinajstić information content (AvgIpc) is 3.65. The Bertz CT molecular complexity index is 1670. The molecular formula is C35H45N5O9. The molecule has 0 spiro atoms. The number of nitrogens with zero attached hydrogens (tertiary/aromatic N) is 4. The first-order valence-electron chi connectivity index (χ1n) is 16.4. The van der Waals surface area contributed by atoms with E-state index in [0.29, 0.717) is 31.2 Å². The number of hydrogen-bond donors (Lipinski definition) is 2. The number of guanidine groups is 1. The number of aliphatic hydroxyl groups is 1. The predicted octanol–water partition coefficient (Wildman–Crippen LogP) is 5.75. The third-order valence-corrected chi connectivity index (χ3v) is 7.39. The lowest BCUT2D eigenvalue weighted by atomic mass is 10.1. The first-order chi connectivity index (χ1) is 23.1. The molecule has 2 aliphatic heterocycles. The Morgan fingerprint density at radius 1 is 1.02 bits per heavy atom. The Morgan fingerprint density at radius 2 is 1.76 bits per heavy atom. The van der Waals surface area contributed by atoms with Gasteiger partial charge in [0.1, 0.15) is 36.2 Å². The minimum atomic E-state index is -0.925. The minimum absolute atomic E-state index is 0.0274. The van der Waals surface area contributed by atoms with Gasteiger partial charge in [-0.05, 0) is 103 Å². The van der Waals surface area contributed by atoms with Crippen LogP contribution in [0.4, 0.5) is 9.59 Å². The zero-order chi connectivity index (χ0) is 35.3. The van der Waals surface area contributed by atoms with Gasteiger partial charge in [-0.1, -0.05) is 11.2 Å². The number of benzene rings is 2. The van der Waals surface area contributed by atoms with E-state index in [1.807, 2.05) is 43.3 Å². The van der Waals surface area contributed by atoms with E-state index >= 15 is 0 Å². The van der Waals surface area contributed by atoms with E-state index in [1.54, 1.807) is 41.5 Å². The maximum Gasteiger partial charge on any atom is 0.437 e. The molecule has 264 valence electrons. The summed E-state index contributed by atoms with van der Waals surface area (Å²) in [6.45, 7) is 13.9. The molecule has 2 aromatic carbocycles. The maximum atomic E-state index is 12.7. The second-order valence-corrected chi connectivity index (χ2v) is 14.0.